The Labute approximate surface area is 234 Å². The molecule has 1 N–H and O–H groups in total. The van der Waals surface area contributed by atoms with Gasteiger partial charge in [-0.3, -0.25) is 10.1 Å². The van der Waals surface area contributed by atoms with E-state index < -0.39 is 41.1 Å². The molecule has 1 saturated heterocycles. The number of nitriles is 1. The molecule has 1 fully saturated rings. The first-order chi connectivity index (χ1) is 19.0. The number of thiophene rings is 1. The lowest BCUT2D eigenvalue weighted by atomic mass is 10.00. The first kappa shape index (κ1) is 28.5. The molecule has 208 valence electrons. The third-order valence-electron chi connectivity index (χ3n) is 5.89. The van der Waals surface area contributed by atoms with E-state index in [0.717, 1.165) is 16.0 Å². The zero-order valence-electron chi connectivity index (χ0n) is 22.0. The summed E-state index contributed by atoms with van der Waals surface area (Å²) in [5, 5.41) is 25.0. The molecule has 40 heavy (non-hydrogen) atoms. The fraction of sp³-hybridized carbons (Fsp3) is 0.321. The average molecular weight is 566 g/mol. The van der Waals surface area contributed by atoms with Gasteiger partial charge in [-0.1, -0.05) is 24.3 Å². The number of benzene rings is 2. The van der Waals surface area contributed by atoms with Crippen LogP contribution in [-0.2, 0) is 20.6 Å². The van der Waals surface area contributed by atoms with Crippen LogP contribution in [0.5, 0.6) is 5.75 Å². The summed E-state index contributed by atoms with van der Waals surface area (Å²) in [5.74, 6) is 0.0615. The van der Waals surface area contributed by atoms with Gasteiger partial charge in [-0.15, -0.1) is 11.3 Å². The standard InChI is InChI=1S/C28H27N3O8S/c1-28(2,3)39-27(33)37-23-15-30-22(12-17-4-6-19(7-5-17)24-13-18(14-29)16-40-24)25(23)38-26(32)36-21-10-8-20(9-11-21)31(34)35/h4-11,13,16,22-23,25,30H,12,15H2,1-3H3/t22-,23?,25+/m1/s1. The molecule has 0 aliphatic carbocycles. The van der Waals surface area contributed by atoms with E-state index in [9.17, 15) is 19.7 Å². The molecule has 0 amide bonds. The number of non-ortho nitro benzene ring substituents is 1. The number of hydrogen-bond donors (Lipinski definition) is 1. The van der Waals surface area contributed by atoms with Crippen molar-refractivity contribution in [3.63, 3.8) is 0 Å². The van der Waals surface area contributed by atoms with Gasteiger partial charge in [0.15, 0.2) is 12.2 Å². The monoisotopic (exact) mass is 565 g/mol. The van der Waals surface area contributed by atoms with E-state index >= 15 is 0 Å². The molecule has 0 bridgehead atoms. The topological polar surface area (TPSA) is 150 Å². The molecule has 3 aromatic rings. The summed E-state index contributed by atoms with van der Waals surface area (Å²) in [7, 11) is 0. The highest BCUT2D eigenvalue weighted by molar-refractivity contribution is 7.13. The maximum Gasteiger partial charge on any atom is 0.514 e. The number of carbonyl (C=O) groups is 2. The van der Waals surface area contributed by atoms with Gasteiger partial charge in [-0.2, -0.15) is 5.26 Å². The number of nitrogens with zero attached hydrogens (tertiary/aromatic N) is 2. The number of ether oxygens (including phenoxy) is 4. The molecule has 0 saturated carbocycles. The fourth-order valence-corrected chi connectivity index (χ4v) is 4.93. The molecule has 1 aromatic heterocycles. The molecular weight excluding hydrogens is 538 g/mol. The zero-order valence-corrected chi connectivity index (χ0v) is 22.8. The van der Waals surface area contributed by atoms with Gasteiger partial charge in [-0.25, -0.2) is 9.59 Å². The van der Waals surface area contributed by atoms with Crippen LogP contribution in [0.3, 0.4) is 0 Å². The summed E-state index contributed by atoms with van der Waals surface area (Å²) in [6.07, 6.45) is -3.26. The number of rotatable bonds is 7. The minimum atomic E-state index is -1.05. The van der Waals surface area contributed by atoms with Crippen molar-refractivity contribution in [2.45, 2.75) is 51.0 Å². The maximum absolute atomic E-state index is 12.7. The van der Waals surface area contributed by atoms with Crippen LogP contribution in [0.25, 0.3) is 10.4 Å². The molecule has 0 spiro atoms. The summed E-state index contributed by atoms with van der Waals surface area (Å²) in [6, 6.07) is 16.3. The zero-order chi connectivity index (χ0) is 28.9. The van der Waals surface area contributed by atoms with Crippen LogP contribution < -0.4 is 10.1 Å². The van der Waals surface area contributed by atoms with Gasteiger partial charge in [0.05, 0.1) is 16.5 Å². The van der Waals surface area contributed by atoms with Crippen molar-refractivity contribution < 1.29 is 33.5 Å². The average Bonchev–Trinajstić information content (AvgIpc) is 3.51. The minimum absolute atomic E-state index is 0.0615. The van der Waals surface area contributed by atoms with E-state index in [2.05, 4.69) is 11.4 Å². The molecule has 3 atom stereocenters. The van der Waals surface area contributed by atoms with Gasteiger partial charge in [0, 0.05) is 28.9 Å². The summed E-state index contributed by atoms with van der Waals surface area (Å²) < 4.78 is 21.6. The Bertz CT molecular complexity index is 1410. The third kappa shape index (κ3) is 7.56. The van der Waals surface area contributed by atoms with E-state index in [1.807, 2.05) is 30.3 Å². The maximum atomic E-state index is 12.7. The van der Waals surface area contributed by atoms with Crippen molar-refractivity contribution in [2.24, 2.45) is 0 Å². The van der Waals surface area contributed by atoms with Crippen molar-refractivity contribution >= 4 is 29.3 Å². The van der Waals surface area contributed by atoms with Crippen LogP contribution in [-0.4, -0.2) is 47.6 Å². The lowest BCUT2D eigenvalue weighted by molar-refractivity contribution is -0.384. The van der Waals surface area contributed by atoms with Crippen LogP contribution in [0, 0.1) is 21.4 Å². The number of hydrogen-bond acceptors (Lipinski definition) is 11. The summed E-state index contributed by atoms with van der Waals surface area (Å²) >= 11 is 1.49. The van der Waals surface area contributed by atoms with E-state index in [0.29, 0.717) is 12.0 Å². The fourth-order valence-electron chi connectivity index (χ4n) is 4.08. The van der Waals surface area contributed by atoms with Crippen molar-refractivity contribution in [3.05, 3.63) is 81.2 Å². The molecule has 2 aromatic carbocycles. The van der Waals surface area contributed by atoms with Crippen LogP contribution in [0.15, 0.2) is 60.0 Å². The van der Waals surface area contributed by atoms with Gasteiger partial charge in [-0.05, 0) is 56.5 Å². The second-order valence-electron chi connectivity index (χ2n) is 10.0. The Hall–Kier alpha value is -4.47. The number of nitro groups is 1. The molecule has 1 unspecified atom stereocenters. The van der Waals surface area contributed by atoms with E-state index in [4.69, 9.17) is 24.2 Å². The minimum Gasteiger partial charge on any atom is -0.429 e. The number of carbonyl (C=O) groups excluding carboxylic acids is 2. The third-order valence-corrected chi connectivity index (χ3v) is 6.86. The summed E-state index contributed by atoms with van der Waals surface area (Å²) in [4.78, 5) is 36.3. The van der Waals surface area contributed by atoms with Gasteiger partial charge in [0.2, 0.25) is 0 Å². The Morgan fingerprint density at radius 3 is 2.40 bits per heavy atom. The van der Waals surface area contributed by atoms with Crippen LogP contribution >= 0.6 is 11.3 Å². The molecule has 1 aliphatic heterocycles. The van der Waals surface area contributed by atoms with Crippen molar-refractivity contribution in [1.82, 2.24) is 5.32 Å². The Kier molecular flexibility index (Phi) is 8.67. The second-order valence-corrected chi connectivity index (χ2v) is 10.9. The first-order valence-electron chi connectivity index (χ1n) is 12.3. The van der Waals surface area contributed by atoms with Crippen LogP contribution in [0.4, 0.5) is 15.3 Å². The summed E-state index contributed by atoms with van der Waals surface area (Å²) in [5.41, 5.74) is 1.60. The molecule has 4 rings (SSSR count). The first-order valence-corrected chi connectivity index (χ1v) is 13.2. The quantitative estimate of drug-likeness (QED) is 0.166. The van der Waals surface area contributed by atoms with Gasteiger partial charge >= 0.3 is 12.3 Å². The second kappa shape index (κ2) is 12.1. The smallest absolute Gasteiger partial charge is 0.429 e. The Morgan fingerprint density at radius 2 is 1.80 bits per heavy atom. The lowest BCUT2D eigenvalue weighted by Crippen LogP contribution is -2.41. The Balaban J connectivity index is 1.46. The van der Waals surface area contributed by atoms with Gasteiger partial charge in [0.1, 0.15) is 17.4 Å². The predicted molar refractivity (Wildman–Crippen MR) is 145 cm³/mol. The van der Waals surface area contributed by atoms with Gasteiger partial charge < -0.3 is 24.3 Å². The molecule has 2 heterocycles. The lowest BCUT2D eigenvalue weighted by Gasteiger charge is -2.25. The predicted octanol–water partition coefficient (Wildman–Crippen LogP) is 5.61. The van der Waals surface area contributed by atoms with Crippen LogP contribution in [0.1, 0.15) is 31.9 Å². The van der Waals surface area contributed by atoms with Gasteiger partial charge in [0.25, 0.3) is 5.69 Å². The van der Waals surface area contributed by atoms with Crippen LogP contribution in [0.2, 0.25) is 0 Å². The largest absolute Gasteiger partial charge is 0.514 e. The van der Waals surface area contributed by atoms with Crippen molar-refractivity contribution in [2.75, 3.05) is 6.54 Å². The summed E-state index contributed by atoms with van der Waals surface area (Å²) in [6.45, 7) is 5.34. The highest BCUT2D eigenvalue weighted by Gasteiger charge is 2.42. The Morgan fingerprint density at radius 1 is 1.10 bits per heavy atom. The molecule has 1 aliphatic rings. The molecule has 12 heteroatoms. The highest BCUT2D eigenvalue weighted by Crippen LogP contribution is 2.28. The number of nitrogens with one attached hydrogen (secondary N) is 1. The molecule has 0 radical (unpaired) electrons. The molecule has 11 nitrogen and oxygen atoms in total. The van der Waals surface area contributed by atoms with Crippen molar-refractivity contribution in [3.8, 4) is 22.3 Å². The number of nitro benzene ring substituents is 1. The SMILES string of the molecule is CC(C)(C)OC(=O)OC1CN[C@H](Cc2ccc(-c3cc(C#N)cs3)cc2)[C@@H]1OC(=O)Oc1ccc([N+](=O)[O-])cc1. The van der Waals surface area contributed by atoms with E-state index in [-0.39, 0.29) is 18.0 Å². The normalized spacial score (nSPS) is 18.4. The van der Waals surface area contributed by atoms with E-state index in [1.165, 1.54) is 35.6 Å². The molecular formula is C28H27N3O8S. The van der Waals surface area contributed by atoms with E-state index in [1.54, 1.807) is 26.2 Å². The highest BCUT2D eigenvalue weighted by atomic mass is 32.1. The van der Waals surface area contributed by atoms with Crippen molar-refractivity contribution in [1.29, 1.82) is 5.26 Å².